The Morgan fingerprint density at radius 3 is 2.53 bits per heavy atom. The third-order valence-electron chi connectivity index (χ3n) is 6.48. The van der Waals surface area contributed by atoms with Gasteiger partial charge in [-0.15, -0.1) is 0 Å². The molecule has 1 aliphatic carbocycles. The first-order chi connectivity index (χ1) is 15.3. The Bertz CT molecular complexity index is 944. The van der Waals surface area contributed by atoms with E-state index in [2.05, 4.69) is 11.9 Å². The minimum Gasteiger partial charge on any atom is -0.506 e. The van der Waals surface area contributed by atoms with E-state index in [1.54, 1.807) is 15.9 Å². The summed E-state index contributed by atoms with van der Waals surface area (Å²) in [5.74, 6) is -0.403. The van der Waals surface area contributed by atoms with Crippen LogP contribution in [0.15, 0.2) is 24.8 Å². The summed E-state index contributed by atoms with van der Waals surface area (Å²) < 4.78 is 0. The van der Waals surface area contributed by atoms with Crippen LogP contribution in [-0.4, -0.2) is 88.9 Å². The molecule has 1 aromatic rings. The van der Waals surface area contributed by atoms with Gasteiger partial charge >= 0.3 is 0 Å². The highest BCUT2D eigenvalue weighted by Gasteiger charge is 2.42. The summed E-state index contributed by atoms with van der Waals surface area (Å²) in [4.78, 5) is 41.8. The highest BCUT2D eigenvalue weighted by atomic mass is 35.5. The molecular formula is C22H28ClN5O4. The molecule has 1 atom stereocenters. The Hall–Kier alpha value is -2.78. The van der Waals surface area contributed by atoms with Crippen molar-refractivity contribution in [2.75, 3.05) is 44.6 Å². The number of halogens is 1. The van der Waals surface area contributed by atoms with Crippen LogP contribution in [0.1, 0.15) is 24.3 Å². The number of phenolic OH excluding ortho intramolecular Hbond substituents is 1. The molecule has 2 heterocycles. The predicted molar refractivity (Wildman–Crippen MR) is 120 cm³/mol. The van der Waals surface area contributed by atoms with Crippen LogP contribution in [0.4, 0.5) is 5.69 Å². The number of piperazine rings is 1. The zero-order valence-corrected chi connectivity index (χ0v) is 18.6. The third-order valence-corrected chi connectivity index (χ3v) is 6.81. The molecular weight excluding hydrogens is 434 g/mol. The number of benzene rings is 1. The highest BCUT2D eigenvalue weighted by molar-refractivity contribution is 6.31. The summed E-state index contributed by atoms with van der Waals surface area (Å²) in [5, 5.41) is 13.7. The molecule has 1 aromatic carbocycles. The Labute approximate surface area is 191 Å². The van der Waals surface area contributed by atoms with Crippen molar-refractivity contribution in [1.82, 2.24) is 14.7 Å². The minimum atomic E-state index is -0.607. The number of rotatable bonds is 7. The van der Waals surface area contributed by atoms with E-state index in [-0.39, 0.29) is 36.7 Å². The second-order valence-corrected chi connectivity index (χ2v) is 9.02. The van der Waals surface area contributed by atoms with E-state index < -0.39 is 11.9 Å². The molecule has 0 aromatic heterocycles. The zero-order valence-electron chi connectivity index (χ0n) is 17.8. The SMILES string of the molecule is C=CC(=O)N1CC(N2CCN(C(=O)CNc3cc(C4CC4)c(Cl)cc3O)CC2C(N)=O)C1. The van der Waals surface area contributed by atoms with Gasteiger partial charge in [0, 0.05) is 49.9 Å². The number of nitrogens with one attached hydrogen (secondary N) is 1. The highest BCUT2D eigenvalue weighted by Crippen LogP contribution is 2.45. The quantitative estimate of drug-likeness (QED) is 0.407. The van der Waals surface area contributed by atoms with E-state index in [0.29, 0.717) is 42.8 Å². The number of phenols is 1. The Morgan fingerprint density at radius 2 is 1.91 bits per heavy atom. The third kappa shape index (κ3) is 4.54. The average molecular weight is 462 g/mol. The topological polar surface area (TPSA) is 119 Å². The molecule has 3 fully saturated rings. The maximum atomic E-state index is 12.8. The molecule has 1 unspecified atom stereocenters. The van der Waals surface area contributed by atoms with Crippen molar-refractivity contribution in [3.8, 4) is 5.75 Å². The number of carbonyl (C=O) groups is 3. The molecule has 0 radical (unpaired) electrons. The lowest BCUT2D eigenvalue weighted by atomic mass is 10.0. The van der Waals surface area contributed by atoms with Crippen molar-refractivity contribution < 1.29 is 19.5 Å². The van der Waals surface area contributed by atoms with Crippen LogP contribution in [0.25, 0.3) is 0 Å². The molecule has 10 heteroatoms. The Morgan fingerprint density at radius 1 is 1.19 bits per heavy atom. The number of anilines is 1. The van der Waals surface area contributed by atoms with E-state index in [1.165, 1.54) is 12.1 Å². The lowest BCUT2D eigenvalue weighted by Gasteiger charge is -2.50. The van der Waals surface area contributed by atoms with Gasteiger partial charge in [0.1, 0.15) is 11.8 Å². The minimum absolute atomic E-state index is 0.00404. The molecule has 4 N–H and O–H groups in total. The number of hydrogen-bond donors (Lipinski definition) is 3. The normalized spacial score (nSPS) is 21.7. The summed E-state index contributed by atoms with van der Waals surface area (Å²) in [6.07, 6.45) is 3.42. The van der Waals surface area contributed by atoms with Crippen LogP contribution in [0, 0.1) is 0 Å². The fraction of sp³-hybridized carbons (Fsp3) is 0.500. The summed E-state index contributed by atoms with van der Waals surface area (Å²) >= 11 is 6.22. The van der Waals surface area contributed by atoms with Crippen molar-refractivity contribution in [2.24, 2.45) is 5.73 Å². The monoisotopic (exact) mass is 461 g/mol. The molecule has 2 aliphatic heterocycles. The van der Waals surface area contributed by atoms with E-state index in [0.717, 1.165) is 18.4 Å². The zero-order chi connectivity index (χ0) is 23.0. The molecule has 3 aliphatic rings. The van der Waals surface area contributed by atoms with Crippen LogP contribution < -0.4 is 11.1 Å². The first kappa shape index (κ1) is 22.4. The smallest absolute Gasteiger partial charge is 0.246 e. The van der Waals surface area contributed by atoms with Gasteiger partial charge < -0.3 is 26.0 Å². The first-order valence-electron chi connectivity index (χ1n) is 10.8. The molecule has 172 valence electrons. The fourth-order valence-corrected chi connectivity index (χ4v) is 4.71. The molecule has 3 amide bonds. The van der Waals surface area contributed by atoms with Crippen molar-refractivity contribution in [3.63, 3.8) is 0 Å². The van der Waals surface area contributed by atoms with Gasteiger partial charge in [-0.1, -0.05) is 18.2 Å². The summed E-state index contributed by atoms with van der Waals surface area (Å²) in [6.45, 7) is 5.65. The number of hydrogen-bond acceptors (Lipinski definition) is 6. The second-order valence-electron chi connectivity index (χ2n) is 8.62. The lowest BCUT2D eigenvalue weighted by Crippen LogP contribution is -2.69. The standard InChI is InChI=1S/C22H28ClN5O4/c1-2-20(30)27-10-14(11-27)28-6-5-26(12-18(28)22(24)32)21(31)9-25-17-7-15(13-3-4-13)16(23)8-19(17)29/h2,7-8,13-14,18,25,29H,1,3-6,9-12H2,(H2,24,32). The molecule has 0 spiro atoms. The number of carbonyl (C=O) groups excluding carboxylic acids is 3. The Kier molecular flexibility index (Phi) is 6.30. The van der Waals surface area contributed by atoms with Crippen molar-refractivity contribution in [1.29, 1.82) is 0 Å². The van der Waals surface area contributed by atoms with Crippen molar-refractivity contribution >= 4 is 35.0 Å². The number of nitrogens with zero attached hydrogens (tertiary/aromatic N) is 3. The van der Waals surface area contributed by atoms with Gasteiger partial charge in [0.05, 0.1) is 12.2 Å². The lowest BCUT2D eigenvalue weighted by molar-refractivity contribution is -0.142. The number of likely N-dealkylation sites (tertiary alicyclic amines) is 1. The molecule has 32 heavy (non-hydrogen) atoms. The van der Waals surface area contributed by atoms with Crippen LogP contribution in [0.3, 0.4) is 0 Å². The van der Waals surface area contributed by atoms with Crippen LogP contribution in [-0.2, 0) is 14.4 Å². The molecule has 0 bridgehead atoms. The van der Waals surface area contributed by atoms with Crippen LogP contribution in [0.5, 0.6) is 5.75 Å². The first-order valence-corrected chi connectivity index (χ1v) is 11.2. The number of primary amides is 1. The maximum absolute atomic E-state index is 12.8. The van der Waals surface area contributed by atoms with E-state index in [4.69, 9.17) is 17.3 Å². The number of aromatic hydroxyl groups is 1. The summed E-state index contributed by atoms with van der Waals surface area (Å²) in [7, 11) is 0. The Balaban J connectivity index is 1.34. The van der Waals surface area contributed by atoms with Gasteiger partial charge in [-0.2, -0.15) is 0 Å². The van der Waals surface area contributed by atoms with Crippen LogP contribution >= 0.6 is 11.6 Å². The predicted octanol–water partition coefficient (Wildman–Crippen LogP) is 0.730. The van der Waals surface area contributed by atoms with E-state index >= 15 is 0 Å². The fourth-order valence-electron chi connectivity index (χ4n) is 4.40. The summed E-state index contributed by atoms with van der Waals surface area (Å²) in [5.41, 5.74) is 7.08. The summed E-state index contributed by atoms with van der Waals surface area (Å²) in [6, 6.07) is 2.74. The van der Waals surface area contributed by atoms with Gasteiger partial charge in [-0.3, -0.25) is 19.3 Å². The van der Waals surface area contributed by atoms with Gasteiger partial charge in [-0.05, 0) is 36.5 Å². The molecule has 4 rings (SSSR count). The molecule has 1 saturated carbocycles. The van der Waals surface area contributed by atoms with Crippen molar-refractivity contribution in [2.45, 2.75) is 30.8 Å². The van der Waals surface area contributed by atoms with Gasteiger partial charge in [0.2, 0.25) is 17.7 Å². The molecule has 2 saturated heterocycles. The molecule has 9 nitrogen and oxygen atoms in total. The van der Waals surface area contributed by atoms with E-state index in [1.807, 2.05) is 4.90 Å². The largest absolute Gasteiger partial charge is 0.506 e. The van der Waals surface area contributed by atoms with Crippen LogP contribution in [0.2, 0.25) is 5.02 Å². The van der Waals surface area contributed by atoms with Crippen molar-refractivity contribution in [3.05, 3.63) is 35.4 Å². The van der Waals surface area contributed by atoms with Gasteiger partial charge in [0.15, 0.2) is 0 Å². The maximum Gasteiger partial charge on any atom is 0.246 e. The average Bonchev–Trinajstić information content (AvgIpc) is 3.56. The van der Waals surface area contributed by atoms with Gasteiger partial charge in [-0.25, -0.2) is 0 Å². The van der Waals surface area contributed by atoms with E-state index in [9.17, 15) is 19.5 Å². The number of amides is 3. The van der Waals surface area contributed by atoms with Gasteiger partial charge in [0.25, 0.3) is 0 Å². The second kappa shape index (κ2) is 8.99. The number of nitrogens with two attached hydrogens (primary N) is 1.